The van der Waals surface area contributed by atoms with Gasteiger partial charge in [0.05, 0.1) is 18.2 Å². The van der Waals surface area contributed by atoms with E-state index in [1.165, 1.54) is 25.7 Å². The Hall–Kier alpha value is -2.47. The minimum atomic E-state index is -0.209. The maximum atomic E-state index is 12.6. The van der Waals surface area contributed by atoms with Crippen molar-refractivity contribution < 1.29 is 14.3 Å². The summed E-state index contributed by atoms with van der Waals surface area (Å²) >= 11 is 6.28. The first-order valence-electron chi connectivity index (χ1n) is 10.3. The lowest BCUT2D eigenvalue weighted by molar-refractivity contribution is 0.0950. The van der Waals surface area contributed by atoms with Crippen molar-refractivity contribution in [1.29, 1.82) is 0 Å². The number of hydrogen-bond acceptors (Lipinski definition) is 5. The average Bonchev–Trinajstić information content (AvgIpc) is 3.15. The molecule has 1 aromatic heterocycles. The smallest absolute Gasteiger partial charge is 0.251 e. The van der Waals surface area contributed by atoms with Gasteiger partial charge in [-0.25, -0.2) is 4.98 Å². The van der Waals surface area contributed by atoms with Crippen molar-refractivity contribution in [2.45, 2.75) is 38.6 Å². The number of halogens is 1. The van der Waals surface area contributed by atoms with Crippen LogP contribution >= 0.6 is 11.6 Å². The van der Waals surface area contributed by atoms with E-state index in [1.54, 1.807) is 12.1 Å². The Balaban J connectivity index is 1.38. The number of benzene rings is 1. The van der Waals surface area contributed by atoms with Crippen molar-refractivity contribution in [3.63, 3.8) is 0 Å². The van der Waals surface area contributed by atoms with E-state index in [0.717, 1.165) is 30.9 Å². The molecule has 1 amide bonds. The number of carbonyl (C=O) groups is 1. The normalized spacial score (nSPS) is 16.7. The SMILES string of the molecule is O=C(NCc1ccc(N2CCCCCC2)nc1)c1cc(Cl)c2c(c1)OCCCO2. The predicted molar refractivity (Wildman–Crippen MR) is 113 cm³/mol. The third-order valence-corrected chi connectivity index (χ3v) is 5.54. The van der Waals surface area contributed by atoms with E-state index in [1.807, 2.05) is 18.3 Å². The lowest BCUT2D eigenvalue weighted by Crippen LogP contribution is -2.25. The Bertz CT molecular complexity index is 849. The van der Waals surface area contributed by atoms with Crippen LogP contribution in [0.25, 0.3) is 0 Å². The van der Waals surface area contributed by atoms with Crippen LogP contribution in [-0.4, -0.2) is 37.2 Å². The van der Waals surface area contributed by atoms with Gasteiger partial charge in [-0.05, 0) is 36.6 Å². The fourth-order valence-electron chi connectivity index (χ4n) is 3.65. The van der Waals surface area contributed by atoms with Crippen molar-refractivity contribution in [1.82, 2.24) is 10.3 Å². The summed E-state index contributed by atoms with van der Waals surface area (Å²) in [6, 6.07) is 7.36. The molecule has 0 aliphatic carbocycles. The molecule has 1 saturated heterocycles. The summed E-state index contributed by atoms with van der Waals surface area (Å²) in [5, 5.41) is 3.31. The number of pyridine rings is 1. The van der Waals surface area contributed by atoms with E-state index in [0.29, 0.717) is 41.8 Å². The molecule has 0 spiro atoms. The molecule has 154 valence electrons. The van der Waals surface area contributed by atoms with Crippen LogP contribution in [0.2, 0.25) is 5.02 Å². The van der Waals surface area contributed by atoms with Gasteiger partial charge in [0.2, 0.25) is 0 Å². The van der Waals surface area contributed by atoms with Crippen molar-refractivity contribution in [3.05, 3.63) is 46.6 Å². The monoisotopic (exact) mass is 415 g/mol. The van der Waals surface area contributed by atoms with Crippen molar-refractivity contribution in [3.8, 4) is 11.5 Å². The van der Waals surface area contributed by atoms with Gasteiger partial charge < -0.3 is 19.7 Å². The van der Waals surface area contributed by atoms with Gasteiger partial charge in [-0.1, -0.05) is 30.5 Å². The van der Waals surface area contributed by atoms with Crippen LogP contribution in [0.15, 0.2) is 30.5 Å². The fraction of sp³-hybridized carbons (Fsp3) is 0.455. The molecule has 29 heavy (non-hydrogen) atoms. The van der Waals surface area contributed by atoms with Gasteiger partial charge in [0, 0.05) is 37.8 Å². The first kappa shape index (κ1) is 19.8. The van der Waals surface area contributed by atoms with Crippen LogP contribution < -0.4 is 19.7 Å². The summed E-state index contributed by atoms with van der Waals surface area (Å²) in [6.45, 7) is 3.63. The topological polar surface area (TPSA) is 63.7 Å². The molecule has 2 aromatic rings. The molecule has 0 radical (unpaired) electrons. The maximum Gasteiger partial charge on any atom is 0.251 e. The Kier molecular flexibility index (Phi) is 6.39. The Morgan fingerprint density at radius 2 is 1.86 bits per heavy atom. The van der Waals surface area contributed by atoms with E-state index in [2.05, 4.69) is 15.2 Å². The molecule has 2 aliphatic heterocycles. The number of anilines is 1. The van der Waals surface area contributed by atoms with Crippen molar-refractivity contribution in [2.75, 3.05) is 31.2 Å². The summed E-state index contributed by atoms with van der Waals surface area (Å²) < 4.78 is 11.3. The molecule has 3 heterocycles. The molecule has 4 rings (SSSR count). The number of rotatable bonds is 4. The quantitative estimate of drug-likeness (QED) is 0.810. The molecule has 1 aromatic carbocycles. The highest BCUT2D eigenvalue weighted by atomic mass is 35.5. The van der Waals surface area contributed by atoms with Gasteiger partial charge in [0.1, 0.15) is 5.82 Å². The number of ether oxygens (including phenoxy) is 2. The number of fused-ring (bicyclic) bond motifs is 1. The summed E-state index contributed by atoms with van der Waals surface area (Å²) in [5.74, 6) is 1.83. The van der Waals surface area contributed by atoms with Crippen molar-refractivity contribution in [2.24, 2.45) is 0 Å². The average molecular weight is 416 g/mol. The van der Waals surface area contributed by atoms with E-state index in [4.69, 9.17) is 21.1 Å². The lowest BCUT2D eigenvalue weighted by Gasteiger charge is -2.21. The third-order valence-electron chi connectivity index (χ3n) is 5.26. The molecule has 0 saturated carbocycles. The van der Waals surface area contributed by atoms with Crippen LogP contribution in [0.1, 0.15) is 48.0 Å². The molecule has 0 atom stereocenters. The first-order chi connectivity index (χ1) is 14.2. The third kappa shape index (κ3) is 4.93. The molecule has 0 unspecified atom stereocenters. The number of carbonyl (C=O) groups excluding carboxylic acids is 1. The second-order valence-electron chi connectivity index (χ2n) is 7.44. The summed E-state index contributed by atoms with van der Waals surface area (Å²) in [4.78, 5) is 19.5. The second-order valence-corrected chi connectivity index (χ2v) is 7.85. The first-order valence-corrected chi connectivity index (χ1v) is 10.7. The molecule has 6 nitrogen and oxygen atoms in total. The summed E-state index contributed by atoms with van der Waals surface area (Å²) in [5.41, 5.74) is 1.41. The highest BCUT2D eigenvalue weighted by Gasteiger charge is 2.18. The number of amides is 1. The van der Waals surface area contributed by atoms with Gasteiger partial charge in [0.25, 0.3) is 5.91 Å². The Morgan fingerprint density at radius 1 is 1.07 bits per heavy atom. The summed E-state index contributed by atoms with van der Waals surface area (Å²) in [6.07, 6.45) is 7.65. The van der Waals surface area contributed by atoms with Gasteiger partial charge >= 0.3 is 0 Å². The number of nitrogens with zero attached hydrogens (tertiary/aromatic N) is 2. The molecule has 7 heteroatoms. The maximum absolute atomic E-state index is 12.6. The van der Waals surface area contributed by atoms with E-state index < -0.39 is 0 Å². The van der Waals surface area contributed by atoms with Gasteiger partial charge in [-0.15, -0.1) is 0 Å². The predicted octanol–water partition coefficient (Wildman–Crippen LogP) is 4.21. The minimum absolute atomic E-state index is 0.209. The second kappa shape index (κ2) is 9.35. The molecule has 1 N–H and O–H groups in total. The van der Waals surface area contributed by atoms with Crippen LogP contribution in [-0.2, 0) is 6.54 Å². The number of aromatic nitrogens is 1. The number of hydrogen-bond donors (Lipinski definition) is 1. The fourth-order valence-corrected chi connectivity index (χ4v) is 3.92. The standard InChI is InChI=1S/C22H26ClN3O3/c23-18-12-17(13-19-21(18)29-11-5-10-28-19)22(27)25-15-16-6-7-20(24-14-16)26-8-3-1-2-4-9-26/h6-7,12-14H,1-5,8-11,15H2,(H,25,27). The van der Waals surface area contributed by atoms with Crippen LogP contribution in [0.4, 0.5) is 5.82 Å². The highest BCUT2D eigenvalue weighted by Crippen LogP contribution is 2.38. The molecule has 1 fully saturated rings. The van der Waals surface area contributed by atoms with Crippen LogP contribution in [0.5, 0.6) is 11.5 Å². The van der Waals surface area contributed by atoms with Gasteiger partial charge in [-0.3, -0.25) is 4.79 Å². The Morgan fingerprint density at radius 3 is 2.62 bits per heavy atom. The molecular weight excluding hydrogens is 390 g/mol. The van der Waals surface area contributed by atoms with Crippen molar-refractivity contribution >= 4 is 23.3 Å². The number of nitrogens with one attached hydrogen (secondary N) is 1. The lowest BCUT2D eigenvalue weighted by atomic mass is 10.1. The summed E-state index contributed by atoms with van der Waals surface area (Å²) in [7, 11) is 0. The Labute approximate surface area is 176 Å². The zero-order valence-corrected chi connectivity index (χ0v) is 17.2. The molecule has 0 bridgehead atoms. The highest BCUT2D eigenvalue weighted by molar-refractivity contribution is 6.32. The van der Waals surface area contributed by atoms with Gasteiger partial charge in [-0.2, -0.15) is 0 Å². The van der Waals surface area contributed by atoms with Gasteiger partial charge in [0.15, 0.2) is 11.5 Å². The van der Waals surface area contributed by atoms with E-state index >= 15 is 0 Å². The zero-order valence-electron chi connectivity index (χ0n) is 16.5. The van der Waals surface area contributed by atoms with Crippen LogP contribution in [0.3, 0.4) is 0 Å². The molecule has 2 aliphatic rings. The zero-order chi connectivity index (χ0) is 20.1. The molecular formula is C22H26ClN3O3. The largest absolute Gasteiger partial charge is 0.489 e. The van der Waals surface area contributed by atoms with E-state index in [9.17, 15) is 4.79 Å². The minimum Gasteiger partial charge on any atom is -0.489 e. The van der Waals surface area contributed by atoms with E-state index in [-0.39, 0.29) is 5.91 Å². The van der Waals surface area contributed by atoms with Crippen LogP contribution in [0, 0.1) is 0 Å².